The molecule has 0 aliphatic carbocycles. The van der Waals surface area contributed by atoms with Crippen molar-refractivity contribution < 1.29 is 64.4 Å². The van der Waals surface area contributed by atoms with Gasteiger partial charge < -0.3 is 4.55 Å². The van der Waals surface area contributed by atoms with Gasteiger partial charge in [-0.15, -0.1) is 0 Å². The van der Waals surface area contributed by atoms with Crippen LogP contribution in [0.2, 0.25) is 0 Å². The van der Waals surface area contributed by atoms with Crippen LogP contribution < -0.4 is 51.4 Å². The Morgan fingerprint density at radius 3 is 2.14 bits per heavy atom. The van der Waals surface area contributed by atoms with Gasteiger partial charge in [0, 0.05) is 0 Å². The Hall–Kier alpha value is 0.246. The number of rotatable bonds is 5. The first kappa shape index (κ1) is 19.3. The molecule has 2 rings (SSSR count). The molecule has 108 valence electrons. The fourth-order valence-corrected chi connectivity index (χ4v) is 3.26. The van der Waals surface area contributed by atoms with Crippen LogP contribution in [0.5, 0.6) is 0 Å². The van der Waals surface area contributed by atoms with E-state index in [1.54, 1.807) is 0 Å². The minimum Gasteiger partial charge on any atom is -0.744 e. The van der Waals surface area contributed by atoms with E-state index in [1.807, 2.05) is 31.2 Å². The zero-order chi connectivity index (χ0) is 14.8. The van der Waals surface area contributed by atoms with E-state index in [4.69, 9.17) is 0 Å². The van der Waals surface area contributed by atoms with E-state index in [1.165, 1.54) is 6.07 Å². The topological polar surface area (TPSA) is 57.2 Å². The molecule has 0 aliphatic heterocycles. The number of hydrogen-bond donors (Lipinski definition) is 0. The van der Waals surface area contributed by atoms with Crippen LogP contribution in [0.3, 0.4) is 0 Å². The zero-order valence-corrected chi connectivity index (χ0v) is 16.8. The van der Waals surface area contributed by atoms with Crippen molar-refractivity contribution in [3.63, 3.8) is 0 Å². The van der Waals surface area contributed by atoms with E-state index in [0.717, 1.165) is 42.2 Å². The molecular weight excluding hydrogens is 311 g/mol. The molecule has 0 spiro atoms. The molecule has 0 radical (unpaired) electrons. The Bertz CT molecular complexity index is 724. The normalized spacial score (nSPS) is 11.4. The molecule has 0 aliphatic rings. The van der Waals surface area contributed by atoms with Crippen LogP contribution in [0.15, 0.2) is 35.2 Å². The van der Waals surface area contributed by atoms with Gasteiger partial charge in [-0.25, -0.2) is 8.42 Å². The van der Waals surface area contributed by atoms with Crippen LogP contribution >= 0.6 is 0 Å². The molecule has 2 aromatic rings. The van der Waals surface area contributed by atoms with Crippen LogP contribution in [-0.4, -0.2) is 13.0 Å². The van der Waals surface area contributed by atoms with E-state index in [9.17, 15) is 13.0 Å². The van der Waals surface area contributed by atoms with Gasteiger partial charge in [0.1, 0.15) is 10.1 Å². The summed E-state index contributed by atoms with van der Waals surface area (Å²) in [5.41, 5.74) is 1.96. The average molecular weight is 330 g/mol. The maximum atomic E-state index is 11.5. The molecule has 0 saturated heterocycles. The molecule has 21 heavy (non-hydrogen) atoms. The molecule has 0 aromatic heterocycles. The van der Waals surface area contributed by atoms with Crippen molar-refractivity contribution in [1.29, 1.82) is 0 Å². The van der Waals surface area contributed by atoms with E-state index >= 15 is 0 Å². The zero-order valence-electron chi connectivity index (χ0n) is 12.8. The van der Waals surface area contributed by atoms with Gasteiger partial charge in [0.15, 0.2) is 0 Å². The largest absolute Gasteiger partial charge is 1.00 e. The van der Waals surface area contributed by atoms with Crippen LogP contribution in [-0.2, 0) is 23.0 Å². The second-order valence-corrected chi connectivity index (χ2v) is 6.45. The molecular formula is C16H19KO3S. The van der Waals surface area contributed by atoms with Crippen LogP contribution in [0.25, 0.3) is 10.8 Å². The van der Waals surface area contributed by atoms with Crippen molar-refractivity contribution in [2.45, 2.75) is 44.4 Å². The van der Waals surface area contributed by atoms with Gasteiger partial charge in [-0.05, 0) is 46.9 Å². The third kappa shape index (κ3) is 4.86. The fourth-order valence-electron chi connectivity index (χ4n) is 2.51. The molecule has 3 nitrogen and oxygen atoms in total. The maximum absolute atomic E-state index is 11.5. The SMILES string of the molecule is CCCc1cc(S(=O)(=O)[O-])c2cc(CCC)ccc2c1.[K+]. The predicted octanol–water partition coefficient (Wildman–Crippen LogP) is 0.653. The van der Waals surface area contributed by atoms with Gasteiger partial charge in [0.2, 0.25) is 0 Å². The smallest absolute Gasteiger partial charge is 0.744 e. The summed E-state index contributed by atoms with van der Waals surface area (Å²) in [6.07, 6.45) is 3.55. The van der Waals surface area contributed by atoms with Crippen molar-refractivity contribution in [3.8, 4) is 0 Å². The Morgan fingerprint density at radius 1 is 0.952 bits per heavy atom. The third-order valence-electron chi connectivity index (χ3n) is 3.39. The van der Waals surface area contributed by atoms with Crippen LogP contribution in [0, 0.1) is 0 Å². The summed E-state index contributed by atoms with van der Waals surface area (Å²) in [6.45, 7) is 4.10. The number of benzene rings is 2. The van der Waals surface area contributed by atoms with Crippen LogP contribution in [0.4, 0.5) is 0 Å². The molecule has 0 heterocycles. The van der Waals surface area contributed by atoms with Gasteiger partial charge in [0.05, 0.1) is 4.90 Å². The van der Waals surface area contributed by atoms with Crippen molar-refractivity contribution in [2.75, 3.05) is 0 Å². The first-order valence-corrected chi connectivity index (χ1v) is 8.38. The van der Waals surface area contributed by atoms with Gasteiger partial charge in [-0.1, -0.05) is 44.9 Å². The molecule has 0 unspecified atom stereocenters. The van der Waals surface area contributed by atoms with E-state index < -0.39 is 10.1 Å². The summed E-state index contributed by atoms with van der Waals surface area (Å²) < 4.78 is 34.6. The average Bonchev–Trinajstić information content (AvgIpc) is 2.38. The van der Waals surface area contributed by atoms with Crippen molar-refractivity contribution in [3.05, 3.63) is 41.5 Å². The maximum Gasteiger partial charge on any atom is 1.00 e. The summed E-state index contributed by atoms with van der Waals surface area (Å²) in [5.74, 6) is 0. The second-order valence-electron chi connectivity index (χ2n) is 5.10. The first-order valence-electron chi connectivity index (χ1n) is 6.97. The fraction of sp³-hybridized carbons (Fsp3) is 0.375. The van der Waals surface area contributed by atoms with E-state index in [2.05, 4.69) is 6.92 Å². The number of aryl methyl sites for hydroxylation is 2. The van der Waals surface area contributed by atoms with Crippen molar-refractivity contribution in [2.24, 2.45) is 0 Å². The van der Waals surface area contributed by atoms with E-state index in [-0.39, 0.29) is 56.3 Å². The summed E-state index contributed by atoms with van der Waals surface area (Å²) >= 11 is 0. The Morgan fingerprint density at radius 2 is 1.57 bits per heavy atom. The minimum absolute atomic E-state index is 0. The standard InChI is InChI=1S/C16H20O3S.K/c1-3-5-12-7-8-14-9-13(6-4-2)11-16(15(14)10-12)20(17,18)19;/h7-11H,3-6H2,1-2H3,(H,17,18,19);/q;+1/p-1. The quantitative estimate of drug-likeness (QED) is 0.597. The Labute approximate surface area is 169 Å². The molecule has 0 fully saturated rings. The molecule has 0 bridgehead atoms. The molecule has 2 aromatic carbocycles. The number of fused-ring (bicyclic) bond motifs is 1. The summed E-state index contributed by atoms with van der Waals surface area (Å²) in [7, 11) is -4.45. The van der Waals surface area contributed by atoms with Crippen molar-refractivity contribution in [1.82, 2.24) is 0 Å². The molecule has 0 saturated carbocycles. The summed E-state index contributed by atoms with van der Waals surface area (Å²) in [5, 5.41) is 1.37. The Balaban J connectivity index is 0.00000220. The molecule has 0 atom stereocenters. The first-order chi connectivity index (χ1) is 9.45. The third-order valence-corrected chi connectivity index (χ3v) is 4.26. The molecule has 5 heteroatoms. The number of hydrogen-bond acceptors (Lipinski definition) is 3. The summed E-state index contributed by atoms with van der Waals surface area (Å²) in [4.78, 5) is -0.0867. The molecule has 0 amide bonds. The van der Waals surface area contributed by atoms with Gasteiger partial charge >= 0.3 is 51.4 Å². The van der Waals surface area contributed by atoms with Gasteiger partial charge in [-0.3, -0.25) is 0 Å². The van der Waals surface area contributed by atoms with Gasteiger partial charge in [-0.2, -0.15) is 0 Å². The van der Waals surface area contributed by atoms with Crippen LogP contribution in [0.1, 0.15) is 37.8 Å². The monoisotopic (exact) mass is 330 g/mol. The summed E-state index contributed by atoms with van der Waals surface area (Å²) in [6, 6.07) is 9.25. The second kappa shape index (κ2) is 8.20. The van der Waals surface area contributed by atoms with E-state index in [0.29, 0.717) is 5.39 Å². The molecule has 0 N–H and O–H groups in total. The van der Waals surface area contributed by atoms with Gasteiger partial charge in [0.25, 0.3) is 0 Å². The minimum atomic E-state index is -4.45. The van der Waals surface area contributed by atoms with Crippen molar-refractivity contribution >= 4 is 20.9 Å². The predicted molar refractivity (Wildman–Crippen MR) is 79.9 cm³/mol. The Kier molecular flexibility index (Phi) is 7.53.